The van der Waals surface area contributed by atoms with Crippen molar-refractivity contribution >= 4 is 51.0 Å². The normalized spacial score (nSPS) is 12.1. The van der Waals surface area contributed by atoms with Gasteiger partial charge in [0, 0.05) is 10.9 Å². The Morgan fingerprint density at radius 3 is 2.56 bits per heavy atom. The molecule has 5 rings (SSSR count). The number of oxazole rings is 1. The molecule has 3 aromatic carbocycles. The summed E-state index contributed by atoms with van der Waals surface area (Å²) in [7, 11) is 0. The Labute approximate surface area is 211 Å². The zero-order chi connectivity index (χ0) is 25.1. The number of anilines is 1. The number of nitrogens with zero attached hydrogens (tertiary/aromatic N) is 2. The third-order valence-corrected chi connectivity index (χ3v) is 6.55. The first-order chi connectivity index (χ1) is 17.5. The number of carbonyl (C=O) groups excluding carboxylic acids is 2. The van der Waals surface area contributed by atoms with Crippen LogP contribution in [0.3, 0.4) is 0 Å². The molecule has 2 aromatic heterocycles. The van der Waals surface area contributed by atoms with Crippen molar-refractivity contribution in [3.8, 4) is 10.6 Å². The van der Waals surface area contributed by atoms with Crippen LogP contribution in [0.4, 0.5) is 6.01 Å². The summed E-state index contributed by atoms with van der Waals surface area (Å²) >= 11 is 1.38. The summed E-state index contributed by atoms with van der Waals surface area (Å²) in [6.07, 6.45) is 0.516. The van der Waals surface area contributed by atoms with Crippen molar-refractivity contribution in [3.63, 3.8) is 0 Å². The molecule has 36 heavy (non-hydrogen) atoms. The molecule has 0 unspecified atom stereocenters. The summed E-state index contributed by atoms with van der Waals surface area (Å²) in [6.45, 7) is 4.02. The molecule has 0 aliphatic rings. The van der Waals surface area contributed by atoms with Crippen molar-refractivity contribution in [2.24, 2.45) is 5.92 Å². The third kappa shape index (κ3) is 5.06. The Morgan fingerprint density at radius 2 is 1.72 bits per heavy atom. The maximum absolute atomic E-state index is 12.9. The number of hydrazine groups is 1. The van der Waals surface area contributed by atoms with Gasteiger partial charge in [0.25, 0.3) is 17.8 Å². The molecule has 182 valence electrons. The molecule has 5 aromatic rings. The van der Waals surface area contributed by atoms with Crippen LogP contribution in [0.25, 0.3) is 32.4 Å². The molecule has 2 heterocycles. The second-order valence-corrected chi connectivity index (χ2v) is 9.68. The van der Waals surface area contributed by atoms with Gasteiger partial charge in [0.2, 0.25) is 0 Å². The lowest BCUT2D eigenvalue weighted by Gasteiger charge is -2.19. The van der Waals surface area contributed by atoms with Crippen molar-refractivity contribution < 1.29 is 14.0 Å². The number of para-hydroxylation sites is 2. The van der Waals surface area contributed by atoms with Crippen molar-refractivity contribution in [2.75, 3.05) is 5.32 Å². The zero-order valence-corrected chi connectivity index (χ0v) is 20.6. The molecule has 9 heteroatoms. The summed E-state index contributed by atoms with van der Waals surface area (Å²) < 4.78 is 5.70. The molecule has 0 fully saturated rings. The first-order valence-electron chi connectivity index (χ1n) is 11.6. The van der Waals surface area contributed by atoms with E-state index in [2.05, 4.69) is 26.1 Å². The van der Waals surface area contributed by atoms with Gasteiger partial charge in [-0.15, -0.1) is 11.3 Å². The predicted molar refractivity (Wildman–Crippen MR) is 142 cm³/mol. The Balaban J connectivity index is 1.26. The Hall–Kier alpha value is -4.24. The zero-order valence-electron chi connectivity index (χ0n) is 19.8. The topological polar surface area (TPSA) is 109 Å². The van der Waals surface area contributed by atoms with Gasteiger partial charge >= 0.3 is 0 Å². The third-order valence-electron chi connectivity index (χ3n) is 5.67. The minimum Gasteiger partial charge on any atom is -0.424 e. The maximum atomic E-state index is 12.9. The van der Waals surface area contributed by atoms with Crippen molar-refractivity contribution in [3.05, 3.63) is 77.8 Å². The number of rotatable bonds is 7. The van der Waals surface area contributed by atoms with E-state index in [1.54, 1.807) is 5.38 Å². The highest BCUT2D eigenvalue weighted by Gasteiger charge is 2.23. The van der Waals surface area contributed by atoms with Gasteiger partial charge in [0.15, 0.2) is 5.58 Å². The summed E-state index contributed by atoms with van der Waals surface area (Å²) in [5, 5.41) is 7.64. The molecule has 0 saturated heterocycles. The molecule has 0 aliphatic carbocycles. The average molecular weight is 500 g/mol. The highest BCUT2D eigenvalue weighted by atomic mass is 32.1. The van der Waals surface area contributed by atoms with Crippen molar-refractivity contribution in [2.45, 2.75) is 26.3 Å². The Morgan fingerprint density at radius 1 is 0.944 bits per heavy atom. The number of benzene rings is 3. The maximum Gasteiger partial charge on any atom is 0.296 e. The predicted octanol–water partition coefficient (Wildman–Crippen LogP) is 5.39. The Bertz CT molecular complexity index is 1500. The van der Waals surface area contributed by atoms with Gasteiger partial charge in [0.05, 0.1) is 0 Å². The van der Waals surface area contributed by atoms with E-state index in [-0.39, 0.29) is 17.6 Å². The van der Waals surface area contributed by atoms with E-state index in [0.29, 0.717) is 17.5 Å². The molecule has 8 nitrogen and oxygen atoms in total. The second-order valence-electron chi connectivity index (χ2n) is 8.82. The molecule has 1 atom stereocenters. The van der Waals surface area contributed by atoms with E-state index in [1.165, 1.54) is 11.3 Å². The number of nitrogens with one attached hydrogen (secondary N) is 3. The average Bonchev–Trinajstić information content (AvgIpc) is 3.53. The van der Waals surface area contributed by atoms with E-state index in [1.807, 2.05) is 80.6 Å². The largest absolute Gasteiger partial charge is 0.424 e. The number of fused-ring (bicyclic) bond motifs is 2. The van der Waals surface area contributed by atoms with Gasteiger partial charge in [-0.2, -0.15) is 4.98 Å². The molecule has 3 N–H and O–H groups in total. The number of amides is 2. The summed E-state index contributed by atoms with van der Waals surface area (Å²) in [4.78, 5) is 34.6. The van der Waals surface area contributed by atoms with E-state index in [4.69, 9.17) is 4.42 Å². The molecule has 2 amide bonds. The lowest BCUT2D eigenvalue weighted by molar-refractivity contribution is -0.123. The molecular formula is C27H25N5O3S. The van der Waals surface area contributed by atoms with Crippen LogP contribution < -0.4 is 16.2 Å². The molecule has 0 aliphatic heterocycles. The molecule has 0 radical (unpaired) electrons. The lowest BCUT2D eigenvalue weighted by atomic mass is 10.0. The van der Waals surface area contributed by atoms with Gasteiger partial charge < -0.3 is 9.73 Å². The minimum absolute atomic E-state index is 0.218. The smallest absolute Gasteiger partial charge is 0.296 e. The highest BCUT2D eigenvalue weighted by Crippen LogP contribution is 2.30. The van der Waals surface area contributed by atoms with E-state index < -0.39 is 17.9 Å². The number of aromatic nitrogens is 2. The van der Waals surface area contributed by atoms with E-state index in [9.17, 15) is 9.59 Å². The van der Waals surface area contributed by atoms with Crippen LogP contribution in [0.2, 0.25) is 0 Å². The van der Waals surface area contributed by atoms with Crippen LogP contribution in [0.1, 0.15) is 30.8 Å². The van der Waals surface area contributed by atoms with Crippen LogP contribution in [0.5, 0.6) is 0 Å². The fourth-order valence-electron chi connectivity index (χ4n) is 3.97. The monoisotopic (exact) mass is 499 g/mol. The van der Waals surface area contributed by atoms with Crippen molar-refractivity contribution in [1.82, 2.24) is 20.8 Å². The van der Waals surface area contributed by atoms with Crippen LogP contribution in [0.15, 0.2) is 76.5 Å². The van der Waals surface area contributed by atoms with Crippen LogP contribution in [-0.2, 0) is 4.79 Å². The van der Waals surface area contributed by atoms with Gasteiger partial charge in [0.1, 0.15) is 22.3 Å². The minimum atomic E-state index is -0.653. The Kier molecular flexibility index (Phi) is 6.64. The molecular weight excluding hydrogens is 474 g/mol. The van der Waals surface area contributed by atoms with Gasteiger partial charge in [-0.05, 0) is 35.2 Å². The number of hydrogen-bond acceptors (Lipinski definition) is 7. The SMILES string of the molecule is CC(C)C[C@H](Nc1nc2ccccc2o1)C(=O)NNC(=O)c1csc(-c2cccc3ccccc23)n1. The molecule has 0 saturated carbocycles. The lowest BCUT2D eigenvalue weighted by Crippen LogP contribution is -2.49. The van der Waals surface area contributed by atoms with Crippen LogP contribution in [0, 0.1) is 5.92 Å². The number of hydrogen-bond donors (Lipinski definition) is 3. The number of carbonyl (C=O) groups is 2. The van der Waals surface area contributed by atoms with Gasteiger partial charge in [-0.3, -0.25) is 20.4 Å². The highest BCUT2D eigenvalue weighted by molar-refractivity contribution is 7.13. The number of thiazole rings is 1. The fourth-order valence-corrected chi connectivity index (χ4v) is 4.81. The fraction of sp³-hybridized carbons (Fsp3) is 0.185. The molecule has 0 spiro atoms. The van der Waals surface area contributed by atoms with Crippen LogP contribution in [-0.4, -0.2) is 27.8 Å². The van der Waals surface area contributed by atoms with Crippen LogP contribution >= 0.6 is 11.3 Å². The summed E-state index contributed by atoms with van der Waals surface area (Å²) in [5.74, 6) is -0.671. The first kappa shape index (κ1) is 23.5. The van der Waals surface area contributed by atoms with Crippen molar-refractivity contribution in [1.29, 1.82) is 0 Å². The van der Waals surface area contributed by atoms with Gasteiger partial charge in [-0.25, -0.2) is 4.98 Å². The standard InChI is InChI=1S/C27H25N5O3S/c1-16(2)14-21(30-27-29-20-12-5-6-13-23(20)35-27)24(33)31-32-25(34)22-15-36-26(28-22)19-11-7-9-17-8-3-4-10-18(17)19/h3-13,15-16,21H,14H2,1-2H3,(H,29,30)(H,31,33)(H,32,34)/t21-/m0/s1. The van der Waals surface area contributed by atoms with E-state index in [0.717, 1.165) is 21.3 Å². The molecule has 0 bridgehead atoms. The van der Waals surface area contributed by atoms with E-state index >= 15 is 0 Å². The van der Waals surface area contributed by atoms with Gasteiger partial charge in [-0.1, -0.05) is 68.4 Å². The summed E-state index contributed by atoms with van der Waals surface area (Å²) in [6, 6.07) is 21.0. The second kappa shape index (κ2) is 10.2. The summed E-state index contributed by atoms with van der Waals surface area (Å²) in [5.41, 5.74) is 7.51. The first-order valence-corrected chi connectivity index (χ1v) is 12.5. The quantitative estimate of drug-likeness (QED) is 0.259.